The summed E-state index contributed by atoms with van der Waals surface area (Å²) in [6, 6.07) is 11.8. The van der Waals surface area contributed by atoms with E-state index in [0.29, 0.717) is 35.2 Å². The van der Waals surface area contributed by atoms with Crippen LogP contribution in [0.4, 0.5) is 11.5 Å². The Morgan fingerprint density at radius 3 is 2.21 bits per heavy atom. The molecule has 0 saturated carbocycles. The summed E-state index contributed by atoms with van der Waals surface area (Å²) in [4.78, 5) is 66.8. The van der Waals surface area contributed by atoms with Crippen LogP contribution in [0.2, 0.25) is 0 Å². The average molecular weight is 863 g/mol. The van der Waals surface area contributed by atoms with Gasteiger partial charge >= 0.3 is 0 Å². The van der Waals surface area contributed by atoms with Crippen molar-refractivity contribution in [2.24, 2.45) is 18.4 Å². The number of hydrogen-bond acceptors (Lipinski definition) is 11. The van der Waals surface area contributed by atoms with Crippen LogP contribution < -0.4 is 30.1 Å². The lowest BCUT2D eigenvalue weighted by Gasteiger charge is -2.55. The Morgan fingerprint density at radius 2 is 1.55 bits per heavy atom. The summed E-state index contributed by atoms with van der Waals surface area (Å²) in [6.45, 7) is 10.6. The molecule has 328 valence electrons. The summed E-state index contributed by atoms with van der Waals surface area (Å²) in [5, 5.41) is 3.87. The molecule has 6 aliphatic heterocycles. The second-order valence-electron chi connectivity index (χ2n) is 18.4. The van der Waals surface area contributed by atoms with Gasteiger partial charge < -0.3 is 33.6 Å². The molecule has 8 heterocycles. The topological polar surface area (TPSA) is 133 Å². The SMILES string of the molecule is COc1cc(-c2cn(C)c(=O)c3cnc(N4CCC4)cc23)cc(OC)c1CN1CCC(CN2CCC3(CC2)CN(c2ccc4c(c2)C(=O)N([C@H]2CCC(=O)NC2=O)C4)C3)CC1.S. The molecule has 3 amide bonds. The van der Waals surface area contributed by atoms with Crippen LogP contribution in [0.25, 0.3) is 21.9 Å². The fourth-order valence-corrected chi connectivity index (χ4v) is 10.7. The number of ether oxygens (including phenoxy) is 2. The number of aromatic nitrogens is 2. The number of amides is 3. The second kappa shape index (κ2) is 16.9. The number of anilines is 2. The van der Waals surface area contributed by atoms with Gasteiger partial charge in [-0.05, 0) is 112 Å². The fourth-order valence-electron chi connectivity index (χ4n) is 10.7. The zero-order valence-corrected chi connectivity index (χ0v) is 37.1. The number of benzene rings is 2. The lowest BCUT2D eigenvalue weighted by molar-refractivity contribution is -0.136. The third kappa shape index (κ3) is 7.70. The molecule has 5 fully saturated rings. The van der Waals surface area contributed by atoms with E-state index < -0.39 is 6.04 Å². The normalized spacial score (nSPS) is 21.7. The van der Waals surface area contributed by atoms with Gasteiger partial charge in [-0.1, -0.05) is 6.07 Å². The molecule has 1 N–H and O–H groups in total. The van der Waals surface area contributed by atoms with Crippen molar-refractivity contribution < 1.29 is 23.9 Å². The van der Waals surface area contributed by atoms with Crippen molar-refractivity contribution in [3.8, 4) is 22.6 Å². The van der Waals surface area contributed by atoms with Gasteiger partial charge in [-0.2, -0.15) is 13.5 Å². The highest BCUT2D eigenvalue weighted by Crippen LogP contribution is 2.44. The van der Waals surface area contributed by atoms with Crippen LogP contribution in [0, 0.1) is 11.3 Å². The van der Waals surface area contributed by atoms with E-state index in [2.05, 4.69) is 54.2 Å². The Labute approximate surface area is 369 Å². The van der Waals surface area contributed by atoms with E-state index in [4.69, 9.17) is 9.47 Å². The number of methoxy groups -OCH3 is 2. The molecule has 10 rings (SSSR count). The molecule has 0 unspecified atom stereocenters. The van der Waals surface area contributed by atoms with Crippen molar-refractivity contribution in [2.75, 3.05) is 82.9 Å². The van der Waals surface area contributed by atoms with Crippen LogP contribution in [-0.2, 0) is 29.7 Å². The molecule has 14 nitrogen and oxygen atoms in total. The number of rotatable bonds is 10. The first-order valence-electron chi connectivity index (χ1n) is 22.1. The highest BCUT2D eigenvalue weighted by Gasteiger charge is 2.46. The molecule has 1 atom stereocenters. The Morgan fingerprint density at radius 1 is 0.823 bits per heavy atom. The fraction of sp³-hybridized carbons (Fsp3) is 0.511. The quantitative estimate of drug-likeness (QED) is 0.226. The Balaban J connectivity index is 0.00000490. The van der Waals surface area contributed by atoms with Gasteiger partial charge in [0.05, 0.1) is 25.2 Å². The van der Waals surface area contributed by atoms with E-state index >= 15 is 0 Å². The molecule has 5 saturated heterocycles. The van der Waals surface area contributed by atoms with Gasteiger partial charge in [0.15, 0.2) is 0 Å². The van der Waals surface area contributed by atoms with Crippen molar-refractivity contribution >= 4 is 53.5 Å². The molecule has 2 aromatic heterocycles. The highest BCUT2D eigenvalue weighted by molar-refractivity contribution is 7.59. The molecule has 62 heavy (non-hydrogen) atoms. The summed E-state index contributed by atoms with van der Waals surface area (Å²) in [5.74, 6) is 2.39. The Hall–Kier alpha value is -5.12. The van der Waals surface area contributed by atoms with Crippen molar-refractivity contribution in [3.05, 3.63) is 75.8 Å². The molecular formula is C47H58N8O6S. The van der Waals surface area contributed by atoms with Crippen LogP contribution in [0.3, 0.4) is 0 Å². The first kappa shape index (κ1) is 42.2. The highest BCUT2D eigenvalue weighted by atomic mass is 32.1. The van der Waals surface area contributed by atoms with Gasteiger partial charge in [-0.15, -0.1) is 0 Å². The summed E-state index contributed by atoms with van der Waals surface area (Å²) >= 11 is 0. The predicted octanol–water partition coefficient (Wildman–Crippen LogP) is 4.52. The van der Waals surface area contributed by atoms with Gasteiger partial charge in [0.1, 0.15) is 23.4 Å². The monoisotopic (exact) mass is 862 g/mol. The number of nitrogens with one attached hydrogen (secondary N) is 1. The maximum Gasteiger partial charge on any atom is 0.259 e. The zero-order chi connectivity index (χ0) is 42.0. The third-order valence-corrected chi connectivity index (χ3v) is 14.6. The minimum Gasteiger partial charge on any atom is -0.496 e. The van der Waals surface area contributed by atoms with Gasteiger partial charge in [-0.3, -0.25) is 29.4 Å². The molecule has 1 spiro atoms. The molecule has 6 aliphatic rings. The summed E-state index contributed by atoms with van der Waals surface area (Å²) in [6.07, 6.45) is 10.1. The summed E-state index contributed by atoms with van der Waals surface area (Å²) < 4.78 is 13.7. The van der Waals surface area contributed by atoms with E-state index in [1.54, 1.807) is 36.9 Å². The number of imide groups is 1. The number of carbonyl (C=O) groups is 3. The molecular weight excluding hydrogens is 805 g/mol. The van der Waals surface area contributed by atoms with E-state index in [1.165, 1.54) is 12.8 Å². The van der Waals surface area contributed by atoms with Crippen molar-refractivity contribution in [1.29, 1.82) is 0 Å². The Kier molecular flexibility index (Phi) is 11.5. The lowest BCUT2D eigenvalue weighted by Crippen LogP contribution is -2.60. The minimum absolute atomic E-state index is 0. The number of fused-ring (bicyclic) bond motifs is 2. The van der Waals surface area contributed by atoms with Gasteiger partial charge in [0.2, 0.25) is 11.8 Å². The number of hydrogen-bond donors (Lipinski definition) is 1. The maximum absolute atomic E-state index is 13.4. The summed E-state index contributed by atoms with van der Waals surface area (Å²) in [5.41, 5.74) is 5.90. The number of nitrogens with zero attached hydrogens (tertiary/aromatic N) is 7. The number of piperidine rings is 3. The minimum atomic E-state index is -0.590. The molecule has 0 aliphatic carbocycles. The molecule has 2 aromatic carbocycles. The zero-order valence-electron chi connectivity index (χ0n) is 36.1. The van der Waals surface area contributed by atoms with E-state index in [9.17, 15) is 19.2 Å². The first-order chi connectivity index (χ1) is 29.6. The third-order valence-electron chi connectivity index (χ3n) is 14.6. The molecule has 0 radical (unpaired) electrons. The second-order valence-corrected chi connectivity index (χ2v) is 18.4. The predicted molar refractivity (Wildman–Crippen MR) is 244 cm³/mol. The molecule has 0 bridgehead atoms. The van der Waals surface area contributed by atoms with E-state index in [1.807, 2.05) is 18.3 Å². The standard InChI is InChI=1S/C47H56N8O6.H2S/c1-50-26-37(35-22-42(53-13-4-14-53)48-23-36(35)45(50)58)32-19-40(60-2)38(41(20-32)61-3)27-51-15-9-30(10-16-51)24-52-17-11-47(12-18-52)28-54(29-47)33-6-5-31-25-55(46(59)34(31)21-33)39-7-8-43(56)49-44(39)57;/h5-6,19-23,26,30,39H,4,7-18,24-25,27-29H2,1-3H3,(H,49,56,57);1H2/t39-;/m0./s1. The van der Waals surface area contributed by atoms with E-state index in [-0.39, 0.29) is 43.2 Å². The first-order valence-corrected chi connectivity index (χ1v) is 22.1. The smallest absolute Gasteiger partial charge is 0.259 e. The van der Waals surface area contributed by atoms with Gasteiger partial charge in [-0.25, -0.2) is 4.98 Å². The number of likely N-dealkylation sites (tertiary alicyclic amines) is 2. The number of pyridine rings is 2. The van der Waals surface area contributed by atoms with Gasteiger partial charge in [0.25, 0.3) is 11.5 Å². The number of aryl methyl sites for hydroxylation is 1. The van der Waals surface area contributed by atoms with Crippen molar-refractivity contribution in [1.82, 2.24) is 29.6 Å². The van der Waals surface area contributed by atoms with Crippen LogP contribution in [-0.4, -0.2) is 121 Å². The van der Waals surface area contributed by atoms with Crippen molar-refractivity contribution in [2.45, 2.75) is 64.1 Å². The molecule has 15 heteroatoms. The van der Waals surface area contributed by atoms with Crippen LogP contribution in [0.15, 0.2) is 53.6 Å². The maximum atomic E-state index is 13.4. The number of carbonyl (C=O) groups excluding carboxylic acids is 3. The van der Waals surface area contributed by atoms with Crippen molar-refractivity contribution in [3.63, 3.8) is 0 Å². The van der Waals surface area contributed by atoms with E-state index in [0.717, 1.165) is 135 Å². The van der Waals surface area contributed by atoms with Crippen LogP contribution in [0.1, 0.15) is 66.4 Å². The molecule has 4 aromatic rings. The summed E-state index contributed by atoms with van der Waals surface area (Å²) in [7, 11) is 5.23. The lowest BCUT2D eigenvalue weighted by atomic mass is 9.71. The largest absolute Gasteiger partial charge is 0.496 e. The Bertz CT molecular complexity index is 2440. The average Bonchev–Trinajstić information content (AvgIpc) is 3.56. The van der Waals surface area contributed by atoms with Crippen LogP contribution in [0.5, 0.6) is 11.5 Å². The van der Waals surface area contributed by atoms with Crippen LogP contribution >= 0.6 is 13.5 Å². The van der Waals surface area contributed by atoms with Gasteiger partial charge in [0, 0.05) is 99.3 Å².